The van der Waals surface area contributed by atoms with Crippen LogP contribution in [0.15, 0.2) is 11.6 Å². The number of ether oxygens (including phenoxy) is 1. The number of hydrogen-bond donors (Lipinski definition) is 0. The van der Waals surface area contributed by atoms with Crippen LogP contribution in [0.3, 0.4) is 0 Å². The van der Waals surface area contributed by atoms with Crippen LogP contribution in [0, 0.1) is 29.1 Å². The van der Waals surface area contributed by atoms with Gasteiger partial charge in [0.15, 0.2) is 0 Å². The van der Waals surface area contributed by atoms with E-state index in [1.807, 2.05) is 0 Å². The molecule has 0 radical (unpaired) electrons. The van der Waals surface area contributed by atoms with E-state index in [1.165, 1.54) is 38.5 Å². The molecule has 0 aromatic carbocycles. The molecule has 0 heterocycles. The van der Waals surface area contributed by atoms with Gasteiger partial charge in [0.05, 0.1) is 12.7 Å². The molecule has 0 amide bonds. The molecule has 148 valence electrons. The Balaban J connectivity index is 1.69. The molecule has 0 N–H and O–H groups in total. The first-order chi connectivity index (χ1) is 12.5. The Morgan fingerprint density at radius 2 is 2.08 bits per heavy atom. The minimum Gasteiger partial charge on any atom is -0.373 e. The molecule has 6 atom stereocenters. The Hall–Kier alpha value is -0.670. The van der Waals surface area contributed by atoms with Gasteiger partial charge in [0.1, 0.15) is 6.29 Å². The number of rotatable bonds is 7. The first-order valence-corrected chi connectivity index (χ1v) is 10.9. The minimum absolute atomic E-state index is 0.322. The second-order valence-electron chi connectivity index (χ2n) is 9.63. The Morgan fingerprint density at radius 1 is 1.27 bits per heavy atom. The molecule has 3 rings (SSSR count). The quantitative estimate of drug-likeness (QED) is 0.486. The number of carbonyl (C=O) groups is 1. The minimum atomic E-state index is 0.322. The molecule has 26 heavy (non-hydrogen) atoms. The van der Waals surface area contributed by atoms with Gasteiger partial charge in [-0.15, -0.1) is 0 Å². The maximum Gasteiger partial charge on any atom is 0.120 e. The van der Waals surface area contributed by atoms with Gasteiger partial charge in [-0.25, -0.2) is 0 Å². The van der Waals surface area contributed by atoms with Crippen molar-refractivity contribution in [2.75, 3.05) is 27.2 Å². The molecule has 0 aliphatic heterocycles. The highest BCUT2D eigenvalue weighted by molar-refractivity contribution is 5.49. The Kier molecular flexibility index (Phi) is 6.61. The van der Waals surface area contributed by atoms with Crippen molar-refractivity contribution in [3.05, 3.63) is 11.6 Å². The first kappa shape index (κ1) is 20.1. The van der Waals surface area contributed by atoms with E-state index >= 15 is 0 Å². The van der Waals surface area contributed by atoms with E-state index < -0.39 is 0 Å². The summed E-state index contributed by atoms with van der Waals surface area (Å²) in [6.45, 7) is 6.79. The van der Waals surface area contributed by atoms with Gasteiger partial charge in [0.25, 0.3) is 0 Å². The third-order valence-electron chi connectivity index (χ3n) is 7.85. The normalized spacial score (nSPS) is 39.9. The number of aldehydes is 1. The maximum absolute atomic E-state index is 10.9. The van der Waals surface area contributed by atoms with Gasteiger partial charge in [-0.1, -0.05) is 31.9 Å². The predicted octanol–water partition coefficient (Wildman–Crippen LogP) is 4.71. The lowest BCUT2D eigenvalue weighted by atomic mass is 9.49. The zero-order valence-electron chi connectivity index (χ0n) is 17.4. The Labute approximate surface area is 160 Å². The summed E-state index contributed by atoms with van der Waals surface area (Å²) in [6, 6.07) is 0. The molecule has 3 aliphatic rings. The second-order valence-corrected chi connectivity index (χ2v) is 9.63. The lowest BCUT2D eigenvalue weighted by Gasteiger charge is -2.56. The fourth-order valence-corrected chi connectivity index (χ4v) is 6.29. The van der Waals surface area contributed by atoms with Crippen LogP contribution in [0.25, 0.3) is 0 Å². The van der Waals surface area contributed by atoms with Gasteiger partial charge in [-0.05, 0) is 81.7 Å². The SMILES string of the molecule is C[C@@H]1CCC2C(CCC3=C[C@@H](OCCN(C)C)CC[C@@]32C)C1CCC=O. The summed E-state index contributed by atoms with van der Waals surface area (Å²) in [6.07, 6.45) is 13.5. The Morgan fingerprint density at radius 3 is 2.81 bits per heavy atom. The molecule has 0 saturated heterocycles. The van der Waals surface area contributed by atoms with E-state index in [9.17, 15) is 4.79 Å². The molecule has 0 spiro atoms. The van der Waals surface area contributed by atoms with E-state index in [0.29, 0.717) is 11.5 Å². The first-order valence-electron chi connectivity index (χ1n) is 10.9. The molecule has 3 heteroatoms. The third-order valence-corrected chi connectivity index (χ3v) is 7.85. The van der Waals surface area contributed by atoms with E-state index in [0.717, 1.165) is 56.0 Å². The molecule has 0 bridgehead atoms. The van der Waals surface area contributed by atoms with E-state index in [2.05, 4.69) is 38.9 Å². The van der Waals surface area contributed by atoms with Crippen molar-refractivity contribution in [3.8, 4) is 0 Å². The summed E-state index contributed by atoms with van der Waals surface area (Å²) < 4.78 is 6.16. The molecule has 2 fully saturated rings. The van der Waals surface area contributed by atoms with Crippen LogP contribution in [-0.2, 0) is 9.53 Å². The van der Waals surface area contributed by atoms with Gasteiger partial charge >= 0.3 is 0 Å². The Bertz CT molecular complexity index is 514. The van der Waals surface area contributed by atoms with Crippen molar-refractivity contribution in [3.63, 3.8) is 0 Å². The summed E-state index contributed by atoms with van der Waals surface area (Å²) in [5.74, 6) is 3.19. The molecule has 2 saturated carbocycles. The summed E-state index contributed by atoms with van der Waals surface area (Å²) >= 11 is 0. The van der Waals surface area contributed by atoms with Gasteiger partial charge in [0.2, 0.25) is 0 Å². The highest BCUT2D eigenvalue weighted by atomic mass is 16.5. The third kappa shape index (κ3) is 4.09. The van der Waals surface area contributed by atoms with Gasteiger partial charge in [-0.3, -0.25) is 0 Å². The van der Waals surface area contributed by atoms with Gasteiger partial charge < -0.3 is 14.4 Å². The molecular weight excluding hydrogens is 322 g/mol. The van der Waals surface area contributed by atoms with Crippen molar-refractivity contribution in [1.29, 1.82) is 0 Å². The second kappa shape index (κ2) is 8.56. The van der Waals surface area contributed by atoms with E-state index in [-0.39, 0.29) is 0 Å². The highest BCUT2D eigenvalue weighted by Gasteiger charge is 2.51. The topological polar surface area (TPSA) is 29.5 Å². The van der Waals surface area contributed by atoms with Crippen LogP contribution in [0.4, 0.5) is 0 Å². The lowest BCUT2D eigenvalue weighted by Crippen LogP contribution is -2.48. The summed E-state index contributed by atoms with van der Waals surface area (Å²) in [4.78, 5) is 13.1. The van der Waals surface area contributed by atoms with Crippen LogP contribution in [-0.4, -0.2) is 44.5 Å². The van der Waals surface area contributed by atoms with Crippen LogP contribution < -0.4 is 0 Å². The number of hydrogen-bond acceptors (Lipinski definition) is 3. The van der Waals surface area contributed by atoms with Crippen molar-refractivity contribution in [2.45, 2.75) is 71.3 Å². The number of nitrogens with zero attached hydrogens (tertiary/aromatic N) is 1. The van der Waals surface area contributed by atoms with Crippen LogP contribution in [0.5, 0.6) is 0 Å². The molecule has 0 aromatic heterocycles. The lowest BCUT2D eigenvalue weighted by molar-refractivity contribution is -0.108. The van der Waals surface area contributed by atoms with E-state index in [1.54, 1.807) is 5.57 Å². The summed E-state index contributed by atoms with van der Waals surface area (Å²) in [5, 5.41) is 0. The van der Waals surface area contributed by atoms with Crippen molar-refractivity contribution in [1.82, 2.24) is 4.90 Å². The smallest absolute Gasteiger partial charge is 0.120 e. The van der Waals surface area contributed by atoms with Gasteiger partial charge in [0, 0.05) is 13.0 Å². The van der Waals surface area contributed by atoms with Gasteiger partial charge in [-0.2, -0.15) is 0 Å². The standard InChI is InChI=1S/C23H39NO2/c1-17-7-10-22-21(20(17)6-5-14-25)9-8-18-16-19(11-12-23(18,22)2)26-15-13-24(3)4/h14,16-17,19-22H,5-13,15H2,1-4H3/t17-,19+,20?,21?,22?,23+/m1/s1. The number of allylic oxidation sites excluding steroid dienone is 1. The highest BCUT2D eigenvalue weighted by Crippen LogP contribution is 2.60. The average molecular weight is 362 g/mol. The molecular formula is C23H39NO2. The van der Waals surface area contributed by atoms with Crippen molar-refractivity contribution >= 4 is 6.29 Å². The van der Waals surface area contributed by atoms with Crippen LogP contribution >= 0.6 is 0 Å². The zero-order valence-corrected chi connectivity index (χ0v) is 17.4. The number of carbonyl (C=O) groups excluding carboxylic acids is 1. The molecule has 0 aromatic rings. The zero-order chi connectivity index (χ0) is 18.7. The fourth-order valence-electron chi connectivity index (χ4n) is 6.29. The molecule has 3 nitrogen and oxygen atoms in total. The average Bonchev–Trinajstić information content (AvgIpc) is 2.60. The van der Waals surface area contributed by atoms with E-state index in [4.69, 9.17) is 4.74 Å². The monoisotopic (exact) mass is 361 g/mol. The van der Waals surface area contributed by atoms with Crippen molar-refractivity contribution in [2.24, 2.45) is 29.1 Å². The van der Waals surface area contributed by atoms with Crippen molar-refractivity contribution < 1.29 is 9.53 Å². The number of likely N-dealkylation sites (N-methyl/N-ethyl adjacent to an activating group) is 1. The molecule has 3 aliphatic carbocycles. The molecule has 3 unspecified atom stereocenters. The van der Waals surface area contributed by atoms with Crippen LogP contribution in [0.1, 0.15) is 65.2 Å². The fraction of sp³-hybridized carbons (Fsp3) is 0.870. The number of fused-ring (bicyclic) bond motifs is 3. The predicted molar refractivity (Wildman–Crippen MR) is 107 cm³/mol. The van der Waals surface area contributed by atoms with Crippen LogP contribution in [0.2, 0.25) is 0 Å². The summed E-state index contributed by atoms with van der Waals surface area (Å²) in [5.41, 5.74) is 2.06. The summed E-state index contributed by atoms with van der Waals surface area (Å²) in [7, 11) is 4.21. The largest absolute Gasteiger partial charge is 0.373 e. The maximum atomic E-state index is 10.9.